The standard InChI is InChI=1S/C9H9BrF3NO3S/c10-6-2-1-3-7(4-6)18(16,17)14-5-8(15)9(11,12)13/h1-4,8,14-15H,5H2. The summed E-state index contributed by atoms with van der Waals surface area (Å²) >= 11 is 3.04. The smallest absolute Gasteiger partial charge is 0.382 e. The molecule has 0 radical (unpaired) electrons. The number of aliphatic hydroxyl groups is 1. The van der Waals surface area contributed by atoms with Gasteiger partial charge in [-0.3, -0.25) is 0 Å². The fourth-order valence-electron chi connectivity index (χ4n) is 1.02. The Morgan fingerprint density at radius 1 is 1.39 bits per heavy atom. The highest BCUT2D eigenvalue weighted by molar-refractivity contribution is 9.10. The van der Waals surface area contributed by atoms with Gasteiger partial charge < -0.3 is 5.11 Å². The Labute approximate surface area is 110 Å². The van der Waals surface area contributed by atoms with Crippen molar-refractivity contribution >= 4 is 26.0 Å². The molecule has 0 saturated carbocycles. The van der Waals surface area contributed by atoms with Gasteiger partial charge >= 0.3 is 6.18 Å². The predicted octanol–water partition coefficient (Wildman–Crippen LogP) is 1.65. The van der Waals surface area contributed by atoms with Crippen LogP contribution in [0.2, 0.25) is 0 Å². The zero-order valence-electron chi connectivity index (χ0n) is 8.78. The molecular weight excluding hydrogens is 339 g/mol. The van der Waals surface area contributed by atoms with Crippen LogP contribution >= 0.6 is 15.9 Å². The summed E-state index contributed by atoms with van der Waals surface area (Å²) in [4.78, 5) is -0.189. The van der Waals surface area contributed by atoms with Gasteiger partial charge in [0, 0.05) is 11.0 Å². The third-order valence-corrected chi connectivity index (χ3v) is 3.87. The van der Waals surface area contributed by atoms with Crippen LogP contribution in [0.3, 0.4) is 0 Å². The van der Waals surface area contributed by atoms with Gasteiger partial charge in [-0.1, -0.05) is 22.0 Å². The molecular formula is C9H9BrF3NO3S. The highest BCUT2D eigenvalue weighted by atomic mass is 79.9. The summed E-state index contributed by atoms with van der Waals surface area (Å²) in [5.74, 6) is 0. The lowest BCUT2D eigenvalue weighted by molar-refractivity contribution is -0.200. The van der Waals surface area contributed by atoms with E-state index in [9.17, 15) is 21.6 Å². The monoisotopic (exact) mass is 347 g/mol. The topological polar surface area (TPSA) is 66.4 Å². The van der Waals surface area contributed by atoms with E-state index in [1.54, 1.807) is 10.8 Å². The van der Waals surface area contributed by atoms with Crippen molar-refractivity contribution in [3.63, 3.8) is 0 Å². The van der Waals surface area contributed by atoms with Crippen molar-refractivity contribution in [2.45, 2.75) is 17.2 Å². The molecule has 1 atom stereocenters. The van der Waals surface area contributed by atoms with Gasteiger partial charge in [-0.15, -0.1) is 0 Å². The summed E-state index contributed by atoms with van der Waals surface area (Å²) < 4.78 is 61.4. The molecule has 1 unspecified atom stereocenters. The molecule has 1 aromatic carbocycles. The van der Waals surface area contributed by atoms with Crippen LogP contribution in [0.25, 0.3) is 0 Å². The van der Waals surface area contributed by atoms with Crippen molar-refractivity contribution in [3.05, 3.63) is 28.7 Å². The third-order valence-electron chi connectivity index (χ3n) is 1.95. The highest BCUT2D eigenvalue weighted by Gasteiger charge is 2.38. The number of aliphatic hydroxyl groups excluding tert-OH is 1. The molecule has 0 aromatic heterocycles. The fourth-order valence-corrected chi connectivity index (χ4v) is 2.66. The molecule has 0 amide bonds. The summed E-state index contributed by atoms with van der Waals surface area (Å²) in [7, 11) is -4.08. The minimum absolute atomic E-state index is 0.189. The van der Waals surface area contributed by atoms with Gasteiger partial charge in [-0.2, -0.15) is 13.2 Å². The maximum absolute atomic E-state index is 12.0. The molecule has 0 bridgehead atoms. The van der Waals surface area contributed by atoms with E-state index in [1.807, 2.05) is 0 Å². The van der Waals surface area contributed by atoms with Crippen molar-refractivity contribution in [1.29, 1.82) is 0 Å². The fraction of sp³-hybridized carbons (Fsp3) is 0.333. The predicted molar refractivity (Wildman–Crippen MR) is 61.4 cm³/mol. The van der Waals surface area contributed by atoms with E-state index < -0.39 is 28.8 Å². The largest absolute Gasteiger partial charge is 0.415 e. The lowest BCUT2D eigenvalue weighted by atomic mass is 10.4. The molecule has 0 aliphatic heterocycles. The normalized spacial score (nSPS) is 14.5. The lowest BCUT2D eigenvalue weighted by Gasteiger charge is -2.15. The molecule has 0 aliphatic rings. The van der Waals surface area contributed by atoms with Gasteiger partial charge in [0.1, 0.15) is 0 Å². The minimum Gasteiger partial charge on any atom is -0.382 e. The molecule has 102 valence electrons. The minimum atomic E-state index is -4.86. The van der Waals surface area contributed by atoms with Gasteiger partial charge in [-0.25, -0.2) is 13.1 Å². The Balaban J connectivity index is 2.78. The van der Waals surface area contributed by atoms with Crippen molar-refractivity contribution < 1.29 is 26.7 Å². The van der Waals surface area contributed by atoms with Crippen LogP contribution in [0.5, 0.6) is 0 Å². The number of hydrogen-bond donors (Lipinski definition) is 2. The average molecular weight is 348 g/mol. The second kappa shape index (κ2) is 5.55. The molecule has 18 heavy (non-hydrogen) atoms. The summed E-state index contributed by atoms with van der Waals surface area (Å²) in [5.41, 5.74) is 0. The number of halogens is 4. The number of rotatable bonds is 4. The number of nitrogens with one attached hydrogen (secondary N) is 1. The third kappa shape index (κ3) is 4.23. The van der Waals surface area contributed by atoms with Crippen LogP contribution in [0.4, 0.5) is 13.2 Å². The van der Waals surface area contributed by atoms with Crippen LogP contribution in [0.15, 0.2) is 33.6 Å². The van der Waals surface area contributed by atoms with E-state index in [2.05, 4.69) is 15.9 Å². The van der Waals surface area contributed by atoms with Crippen molar-refractivity contribution in [1.82, 2.24) is 4.72 Å². The number of hydrogen-bond acceptors (Lipinski definition) is 3. The number of alkyl halides is 3. The van der Waals surface area contributed by atoms with Crippen LogP contribution in [-0.4, -0.2) is 32.3 Å². The summed E-state index contributed by atoms with van der Waals surface area (Å²) in [6.07, 6.45) is -7.60. The molecule has 0 heterocycles. The Hall–Kier alpha value is -0.640. The van der Waals surface area contributed by atoms with Gasteiger partial charge in [0.05, 0.1) is 4.90 Å². The molecule has 0 spiro atoms. The average Bonchev–Trinajstić information content (AvgIpc) is 2.24. The van der Waals surface area contributed by atoms with Crippen LogP contribution < -0.4 is 4.72 Å². The first-order chi connectivity index (χ1) is 8.13. The van der Waals surface area contributed by atoms with Crippen molar-refractivity contribution in [2.24, 2.45) is 0 Å². The molecule has 4 nitrogen and oxygen atoms in total. The van der Waals surface area contributed by atoms with Gasteiger partial charge in [0.15, 0.2) is 6.10 Å². The molecule has 1 rings (SSSR count). The van der Waals surface area contributed by atoms with Crippen LogP contribution in [-0.2, 0) is 10.0 Å². The van der Waals surface area contributed by atoms with Crippen molar-refractivity contribution in [3.8, 4) is 0 Å². The first kappa shape index (κ1) is 15.4. The molecule has 2 N–H and O–H groups in total. The molecule has 1 aromatic rings. The Bertz CT molecular complexity index is 518. The molecule has 0 aliphatic carbocycles. The van der Waals surface area contributed by atoms with Crippen molar-refractivity contribution in [2.75, 3.05) is 6.54 Å². The lowest BCUT2D eigenvalue weighted by Crippen LogP contribution is -2.40. The van der Waals surface area contributed by atoms with E-state index in [-0.39, 0.29) is 4.90 Å². The quantitative estimate of drug-likeness (QED) is 0.870. The second-order valence-electron chi connectivity index (χ2n) is 3.37. The van der Waals surface area contributed by atoms with E-state index in [0.717, 1.165) is 0 Å². The van der Waals surface area contributed by atoms with Gasteiger partial charge in [0.2, 0.25) is 10.0 Å². The zero-order chi connectivity index (χ0) is 14.0. The Kier molecular flexibility index (Phi) is 4.76. The van der Waals surface area contributed by atoms with Crippen LogP contribution in [0.1, 0.15) is 0 Å². The summed E-state index contributed by atoms with van der Waals surface area (Å²) in [6, 6.07) is 5.47. The van der Waals surface area contributed by atoms with E-state index in [4.69, 9.17) is 5.11 Å². The summed E-state index contributed by atoms with van der Waals surface area (Å²) in [6.45, 7) is -1.13. The molecule has 0 fully saturated rings. The van der Waals surface area contributed by atoms with Crippen LogP contribution in [0, 0.1) is 0 Å². The second-order valence-corrected chi connectivity index (χ2v) is 6.05. The van der Waals surface area contributed by atoms with Gasteiger partial charge in [0.25, 0.3) is 0 Å². The van der Waals surface area contributed by atoms with E-state index in [0.29, 0.717) is 4.47 Å². The maximum atomic E-state index is 12.0. The molecule has 9 heteroatoms. The molecule has 0 saturated heterocycles. The maximum Gasteiger partial charge on any atom is 0.415 e. The van der Waals surface area contributed by atoms with Gasteiger partial charge in [-0.05, 0) is 18.2 Å². The zero-order valence-corrected chi connectivity index (χ0v) is 11.2. The highest BCUT2D eigenvalue weighted by Crippen LogP contribution is 2.20. The first-order valence-corrected chi connectivity index (χ1v) is 6.90. The first-order valence-electron chi connectivity index (χ1n) is 4.63. The Morgan fingerprint density at radius 2 is 2.00 bits per heavy atom. The van der Waals surface area contributed by atoms with E-state index in [1.165, 1.54) is 18.2 Å². The van der Waals surface area contributed by atoms with E-state index >= 15 is 0 Å². The number of benzene rings is 1. The summed E-state index contributed by atoms with van der Waals surface area (Å²) in [5, 5.41) is 8.69. The SMILES string of the molecule is O=S(=O)(NCC(O)C(F)(F)F)c1cccc(Br)c1. The number of sulfonamides is 1. The Morgan fingerprint density at radius 3 is 2.50 bits per heavy atom.